The molecule has 0 unspecified atom stereocenters. The maximum atomic E-state index is 12.5. The predicted octanol–water partition coefficient (Wildman–Crippen LogP) is 2.85. The fraction of sp³-hybridized carbons (Fsp3) is 0.348. The van der Waals surface area contributed by atoms with Crippen LogP contribution in [0, 0.1) is 0 Å². The zero-order valence-corrected chi connectivity index (χ0v) is 18.4. The Morgan fingerprint density at radius 2 is 1.50 bits per heavy atom. The van der Waals surface area contributed by atoms with Gasteiger partial charge in [0.2, 0.25) is 0 Å². The number of benzene rings is 2. The maximum Gasteiger partial charge on any atom is 0.328 e. The van der Waals surface area contributed by atoms with Gasteiger partial charge >= 0.3 is 6.03 Å². The molecular weight excluding hydrogens is 430 g/mol. The Balaban J connectivity index is 1.34. The molecule has 1 fully saturated rings. The van der Waals surface area contributed by atoms with Crippen molar-refractivity contribution in [3.05, 3.63) is 65.2 Å². The van der Waals surface area contributed by atoms with Gasteiger partial charge in [0.25, 0.3) is 21.8 Å². The van der Waals surface area contributed by atoms with Gasteiger partial charge in [-0.3, -0.25) is 14.5 Å². The zero-order chi connectivity index (χ0) is 22.7. The first kappa shape index (κ1) is 22.0. The number of nitrogens with zero attached hydrogens (tertiary/aromatic N) is 1. The summed E-state index contributed by atoms with van der Waals surface area (Å²) in [6.07, 6.45) is 5.29. The van der Waals surface area contributed by atoms with Crippen molar-refractivity contribution in [2.24, 2.45) is 0 Å². The average Bonchev–Trinajstić information content (AvgIpc) is 3.03. The number of carbonyl (C=O) groups is 3. The molecule has 8 nitrogen and oxygen atoms in total. The second-order valence-corrected chi connectivity index (χ2v) is 9.80. The van der Waals surface area contributed by atoms with Crippen LogP contribution >= 0.6 is 0 Å². The highest BCUT2D eigenvalue weighted by atomic mass is 32.2. The van der Waals surface area contributed by atoms with Crippen LogP contribution < -0.4 is 10.0 Å². The van der Waals surface area contributed by atoms with Crippen LogP contribution in [-0.4, -0.2) is 43.7 Å². The molecule has 1 heterocycles. The monoisotopic (exact) mass is 455 g/mol. The summed E-state index contributed by atoms with van der Waals surface area (Å²) in [6, 6.07) is 12.0. The van der Waals surface area contributed by atoms with E-state index < -0.39 is 16.1 Å². The van der Waals surface area contributed by atoms with Crippen molar-refractivity contribution in [3.63, 3.8) is 0 Å². The van der Waals surface area contributed by atoms with Crippen molar-refractivity contribution in [1.29, 1.82) is 0 Å². The van der Waals surface area contributed by atoms with Gasteiger partial charge in [0.15, 0.2) is 0 Å². The summed E-state index contributed by atoms with van der Waals surface area (Å²) in [5.41, 5.74) is 1.57. The van der Waals surface area contributed by atoms with Crippen LogP contribution in [0.2, 0.25) is 0 Å². The quantitative estimate of drug-likeness (QED) is 0.651. The Morgan fingerprint density at radius 3 is 2.09 bits per heavy atom. The fourth-order valence-corrected chi connectivity index (χ4v) is 5.08. The van der Waals surface area contributed by atoms with Gasteiger partial charge in [0.05, 0.1) is 16.0 Å². The van der Waals surface area contributed by atoms with Gasteiger partial charge in [-0.2, -0.15) is 0 Å². The number of carbonyl (C=O) groups excluding carboxylic acids is 3. The number of nitrogens with one attached hydrogen (secondary N) is 2. The molecule has 2 N–H and O–H groups in total. The normalized spacial score (nSPS) is 16.7. The number of sulfonamides is 1. The molecule has 4 amide bonds. The molecule has 2 aromatic carbocycles. The van der Waals surface area contributed by atoms with Crippen LogP contribution in [0.15, 0.2) is 53.4 Å². The third-order valence-electron chi connectivity index (χ3n) is 5.90. The van der Waals surface area contributed by atoms with Crippen LogP contribution in [0.25, 0.3) is 0 Å². The molecule has 1 saturated carbocycles. The second kappa shape index (κ2) is 9.12. The molecule has 0 saturated heterocycles. The molecule has 0 spiro atoms. The molecule has 1 aliphatic carbocycles. The van der Waals surface area contributed by atoms with Crippen LogP contribution in [0.4, 0.5) is 4.79 Å². The van der Waals surface area contributed by atoms with Gasteiger partial charge in [0.1, 0.15) is 0 Å². The van der Waals surface area contributed by atoms with Crippen LogP contribution in [-0.2, 0) is 16.4 Å². The SMILES string of the molecule is O=C(NC1CCCCC1)NS(=O)(=O)c1ccc(CCN2C(=O)c3ccccc3C2=O)cc1. The largest absolute Gasteiger partial charge is 0.335 e. The highest BCUT2D eigenvalue weighted by Gasteiger charge is 2.34. The molecule has 9 heteroatoms. The van der Waals surface area contributed by atoms with E-state index in [1.54, 1.807) is 36.4 Å². The van der Waals surface area contributed by atoms with Gasteiger partial charge in [0, 0.05) is 12.6 Å². The molecule has 4 rings (SSSR count). The molecule has 0 aromatic heterocycles. The van der Waals surface area contributed by atoms with E-state index in [9.17, 15) is 22.8 Å². The molecule has 1 aliphatic heterocycles. The average molecular weight is 456 g/mol. The number of urea groups is 1. The minimum Gasteiger partial charge on any atom is -0.335 e. The van der Waals surface area contributed by atoms with Gasteiger partial charge in [-0.05, 0) is 49.1 Å². The Bertz CT molecular complexity index is 1100. The Labute approximate surface area is 187 Å². The van der Waals surface area contributed by atoms with E-state index in [0.29, 0.717) is 17.5 Å². The van der Waals surface area contributed by atoms with E-state index in [1.807, 2.05) is 0 Å². The predicted molar refractivity (Wildman–Crippen MR) is 118 cm³/mol. The zero-order valence-electron chi connectivity index (χ0n) is 17.5. The second-order valence-electron chi connectivity index (χ2n) is 8.12. The van der Waals surface area contributed by atoms with Crippen LogP contribution in [0.5, 0.6) is 0 Å². The number of hydrogen-bond donors (Lipinski definition) is 2. The van der Waals surface area contributed by atoms with Crippen molar-refractivity contribution >= 4 is 27.9 Å². The first-order valence-electron chi connectivity index (χ1n) is 10.7. The Kier molecular flexibility index (Phi) is 6.27. The summed E-state index contributed by atoms with van der Waals surface area (Å²) in [5, 5.41) is 2.72. The fourth-order valence-electron chi connectivity index (χ4n) is 4.16. The van der Waals surface area contributed by atoms with Gasteiger partial charge in [-0.25, -0.2) is 17.9 Å². The van der Waals surface area contributed by atoms with Crippen molar-refractivity contribution in [1.82, 2.24) is 14.9 Å². The van der Waals surface area contributed by atoms with Crippen molar-refractivity contribution in [3.8, 4) is 0 Å². The molecule has 2 aromatic rings. The highest BCUT2D eigenvalue weighted by molar-refractivity contribution is 7.90. The summed E-state index contributed by atoms with van der Waals surface area (Å²) in [4.78, 5) is 38.2. The molecule has 0 radical (unpaired) electrons. The first-order chi connectivity index (χ1) is 15.3. The lowest BCUT2D eigenvalue weighted by molar-refractivity contribution is 0.0656. The number of hydrogen-bond acceptors (Lipinski definition) is 5. The van der Waals surface area contributed by atoms with E-state index in [1.165, 1.54) is 17.0 Å². The van der Waals surface area contributed by atoms with E-state index >= 15 is 0 Å². The van der Waals surface area contributed by atoms with Gasteiger partial charge < -0.3 is 5.32 Å². The molecular formula is C23H25N3O5S. The topological polar surface area (TPSA) is 113 Å². The van der Waals surface area contributed by atoms with E-state index in [4.69, 9.17) is 0 Å². The summed E-state index contributed by atoms with van der Waals surface area (Å²) in [5.74, 6) is -0.643. The smallest absolute Gasteiger partial charge is 0.328 e. The molecule has 168 valence electrons. The summed E-state index contributed by atoms with van der Waals surface area (Å²) >= 11 is 0. The van der Waals surface area contributed by atoms with E-state index in [2.05, 4.69) is 10.0 Å². The minimum atomic E-state index is -3.99. The summed E-state index contributed by atoms with van der Waals surface area (Å²) in [7, 11) is -3.99. The van der Waals surface area contributed by atoms with Crippen LogP contribution in [0.1, 0.15) is 58.4 Å². The van der Waals surface area contributed by atoms with Crippen molar-refractivity contribution in [2.45, 2.75) is 49.5 Å². The number of amides is 4. The minimum absolute atomic E-state index is 0.00322. The maximum absolute atomic E-state index is 12.5. The number of rotatable bonds is 6. The van der Waals surface area contributed by atoms with Crippen molar-refractivity contribution < 1.29 is 22.8 Å². The van der Waals surface area contributed by atoms with E-state index in [0.717, 1.165) is 37.7 Å². The molecule has 2 aliphatic rings. The van der Waals surface area contributed by atoms with E-state index in [-0.39, 0.29) is 29.3 Å². The summed E-state index contributed by atoms with van der Waals surface area (Å²) < 4.78 is 27.1. The van der Waals surface area contributed by atoms with Gasteiger partial charge in [-0.15, -0.1) is 0 Å². The number of imide groups is 1. The highest BCUT2D eigenvalue weighted by Crippen LogP contribution is 2.23. The number of fused-ring (bicyclic) bond motifs is 1. The molecule has 0 atom stereocenters. The third-order valence-corrected chi connectivity index (χ3v) is 7.25. The van der Waals surface area contributed by atoms with Crippen molar-refractivity contribution in [2.75, 3.05) is 6.54 Å². The lowest BCUT2D eigenvalue weighted by Crippen LogP contribution is -2.45. The Morgan fingerprint density at radius 1 is 0.906 bits per heavy atom. The first-order valence-corrected chi connectivity index (χ1v) is 12.2. The standard InChI is InChI=1S/C23H25N3O5S/c27-21-19-8-4-5-9-20(19)22(28)26(21)15-14-16-10-12-18(13-11-16)32(30,31)25-23(29)24-17-6-2-1-3-7-17/h4-5,8-13,17H,1-3,6-7,14-15H2,(H2,24,25,29). The van der Waals surface area contributed by atoms with Crippen LogP contribution in [0.3, 0.4) is 0 Å². The van der Waals surface area contributed by atoms with Gasteiger partial charge in [-0.1, -0.05) is 43.5 Å². The Hall–Kier alpha value is -3.20. The molecule has 32 heavy (non-hydrogen) atoms. The third kappa shape index (κ3) is 4.67. The molecule has 0 bridgehead atoms. The summed E-state index contributed by atoms with van der Waals surface area (Å²) in [6.45, 7) is 0.195. The lowest BCUT2D eigenvalue weighted by atomic mass is 9.96. The lowest BCUT2D eigenvalue weighted by Gasteiger charge is -2.22.